The zero-order chi connectivity index (χ0) is 22.1. The van der Waals surface area contributed by atoms with E-state index in [-0.39, 0.29) is 17.8 Å². The Morgan fingerprint density at radius 2 is 2.00 bits per heavy atom. The van der Waals surface area contributed by atoms with Crippen LogP contribution in [0.2, 0.25) is 0 Å². The molecule has 2 amide bonds. The first kappa shape index (κ1) is 23.3. The number of nitrogens with two attached hydrogens (primary N) is 3. The van der Waals surface area contributed by atoms with Gasteiger partial charge in [-0.3, -0.25) is 14.6 Å². The van der Waals surface area contributed by atoms with E-state index in [1.165, 1.54) is 4.90 Å². The zero-order valence-electron chi connectivity index (χ0n) is 17.4. The molecule has 0 spiro atoms. The van der Waals surface area contributed by atoms with E-state index in [0.29, 0.717) is 38.8 Å². The molecule has 164 valence electrons. The topological polar surface area (TPSA) is 148 Å². The summed E-state index contributed by atoms with van der Waals surface area (Å²) in [7, 11) is 1.59. The van der Waals surface area contributed by atoms with Crippen LogP contribution in [0.25, 0.3) is 0 Å². The van der Waals surface area contributed by atoms with Gasteiger partial charge in [0.2, 0.25) is 11.8 Å². The van der Waals surface area contributed by atoms with Gasteiger partial charge < -0.3 is 31.8 Å². The molecule has 9 nitrogen and oxygen atoms in total. The van der Waals surface area contributed by atoms with Crippen molar-refractivity contribution in [3.8, 4) is 0 Å². The van der Waals surface area contributed by atoms with E-state index >= 15 is 0 Å². The molecule has 1 aliphatic heterocycles. The van der Waals surface area contributed by atoms with Gasteiger partial charge in [0.05, 0.1) is 12.1 Å². The van der Waals surface area contributed by atoms with Crippen molar-refractivity contribution in [2.75, 3.05) is 20.1 Å². The highest BCUT2D eigenvalue weighted by molar-refractivity contribution is 5.91. The standard InChI is InChI=1S/C21H32N6O3/c1-26(16(14-28)9-5-11-25-21(23)24)20(30)18-10-6-12-27(18)19(29)17(22)13-15-7-3-2-4-8-15/h2-4,7-8,14,16-18H,5-6,9-13,22H2,1H3,(H4,23,24,25)/t16-,17-,18-/m0/s1. The maximum atomic E-state index is 13.0. The molecule has 0 unspecified atom stereocenters. The highest BCUT2D eigenvalue weighted by atomic mass is 16.2. The van der Waals surface area contributed by atoms with E-state index in [1.54, 1.807) is 11.9 Å². The van der Waals surface area contributed by atoms with E-state index in [2.05, 4.69) is 4.99 Å². The molecule has 0 saturated carbocycles. The predicted octanol–water partition coefficient (Wildman–Crippen LogP) is -0.373. The van der Waals surface area contributed by atoms with E-state index in [0.717, 1.165) is 18.3 Å². The van der Waals surface area contributed by atoms with E-state index < -0.39 is 18.1 Å². The van der Waals surface area contributed by atoms with Crippen molar-refractivity contribution in [2.24, 2.45) is 22.2 Å². The molecule has 1 fully saturated rings. The third-order valence-corrected chi connectivity index (χ3v) is 5.39. The van der Waals surface area contributed by atoms with Crippen LogP contribution >= 0.6 is 0 Å². The second-order valence-corrected chi connectivity index (χ2v) is 7.59. The lowest BCUT2D eigenvalue weighted by Crippen LogP contribution is -2.53. The fraction of sp³-hybridized carbons (Fsp3) is 0.524. The van der Waals surface area contributed by atoms with Crippen LogP contribution in [0.4, 0.5) is 0 Å². The minimum Gasteiger partial charge on any atom is -0.370 e. The summed E-state index contributed by atoms with van der Waals surface area (Å²) in [4.78, 5) is 44.4. The van der Waals surface area contributed by atoms with Crippen LogP contribution in [0, 0.1) is 0 Å². The lowest BCUT2D eigenvalue weighted by atomic mass is 10.0. The molecule has 1 heterocycles. The molecule has 1 aliphatic rings. The molecular formula is C21H32N6O3. The van der Waals surface area contributed by atoms with Gasteiger partial charge in [0, 0.05) is 20.1 Å². The van der Waals surface area contributed by atoms with Crippen LogP contribution in [-0.2, 0) is 20.8 Å². The normalized spacial score (nSPS) is 17.8. The number of benzene rings is 1. The first-order valence-electron chi connectivity index (χ1n) is 10.2. The first-order chi connectivity index (χ1) is 14.3. The summed E-state index contributed by atoms with van der Waals surface area (Å²) >= 11 is 0. The number of likely N-dealkylation sites (N-methyl/N-ethyl adjacent to an activating group) is 1. The van der Waals surface area contributed by atoms with Gasteiger partial charge in [-0.1, -0.05) is 30.3 Å². The summed E-state index contributed by atoms with van der Waals surface area (Å²) in [6.45, 7) is 0.874. The van der Waals surface area contributed by atoms with Gasteiger partial charge in [0.15, 0.2) is 5.96 Å². The third kappa shape index (κ3) is 6.28. The van der Waals surface area contributed by atoms with Gasteiger partial charge in [-0.2, -0.15) is 0 Å². The number of carbonyl (C=O) groups excluding carboxylic acids is 3. The summed E-state index contributed by atoms with van der Waals surface area (Å²) < 4.78 is 0. The molecule has 0 bridgehead atoms. The van der Waals surface area contributed by atoms with Crippen LogP contribution < -0.4 is 17.2 Å². The van der Waals surface area contributed by atoms with Crippen LogP contribution in [0.1, 0.15) is 31.2 Å². The van der Waals surface area contributed by atoms with Crippen molar-refractivity contribution in [3.63, 3.8) is 0 Å². The Morgan fingerprint density at radius 1 is 1.30 bits per heavy atom. The second kappa shape index (κ2) is 11.3. The van der Waals surface area contributed by atoms with Crippen LogP contribution in [0.5, 0.6) is 0 Å². The Hall–Kier alpha value is -2.94. The van der Waals surface area contributed by atoms with E-state index in [9.17, 15) is 14.4 Å². The molecule has 0 radical (unpaired) electrons. The quantitative estimate of drug-likeness (QED) is 0.205. The Kier molecular flexibility index (Phi) is 8.79. The van der Waals surface area contributed by atoms with Gasteiger partial charge >= 0.3 is 0 Å². The molecule has 0 aliphatic carbocycles. The molecule has 3 atom stereocenters. The number of rotatable bonds is 10. The highest BCUT2D eigenvalue weighted by Crippen LogP contribution is 2.22. The molecule has 30 heavy (non-hydrogen) atoms. The van der Waals surface area contributed by atoms with Crippen LogP contribution in [0.3, 0.4) is 0 Å². The number of guanidine groups is 1. The summed E-state index contributed by atoms with van der Waals surface area (Å²) in [6.07, 6.45) is 3.45. The smallest absolute Gasteiger partial charge is 0.245 e. The van der Waals surface area contributed by atoms with Crippen LogP contribution in [0.15, 0.2) is 35.3 Å². The third-order valence-electron chi connectivity index (χ3n) is 5.39. The number of likely N-dealkylation sites (tertiary alicyclic amines) is 1. The number of aliphatic imine (C=N–C) groups is 1. The first-order valence-corrected chi connectivity index (χ1v) is 10.2. The summed E-state index contributed by atoms with van der Waals surface area (Å²) in [5, 5.41) is 0. The van der Waals surface area contributed by atoms with Crippen molar-refractivity contribution in [3.05, 3.63) is 35.9 Å². The Bertz CT molecular complexity index is 750. The molecule has 2 rings (SSSR count). The number of nitrogens with zero attached hydrogens (tertiary/aromatic N) is 3. The fourth-order valence-electron chi connectivity index (χ4n) is 3.72. The molecule has 1 aromatic rings. The highest BCUT2D eigenvalue weighted by Gasteiger charge is 2.38. The van der Waals surface area contributed by atoms with E-state index in [4.69, 9.17) is 17.2 Å². The average Bonchev–Trinajstić information content (AvgIpc) is 3.22. The Balaban J connectivity index is 1.98. The van der Waals surface area contributed by atoms with E-state index in [1.807, 2.05) is 30.3 Å². The molecule has 9 heteroatoms. The minimum absolute atomic E-state index is 0.00552. The Morgan fingerprint density at radius 3 is 2.63 bits per heavy atom. The van der Waals surface area contributed by atoms with Crippen molar-refractivity contribution in [1.82, 2.24) is 9.80 Å². The summed E-state index contributed by atoms with van der Waals surface area (Å²) in [6, 6.07) is 7.64. The largest absolute Gasteiger partial charge is 0.370 e. The monoisotopic (exact) mass is 416 g/mol. The van der Waals surface area contributed by atoms with Gasteiger partial charge in [0.25, 0.3) is 0 Å². The molecule has 1 aromatic carbocycles. The van der Waals surface area contributed by atoms with Gasteiger partial charge in [0.1, 0.15) is 12.3 Å². The number of amides is 2. The molecular weight excluding hydrogens is 384 g/mol. The lowest BCUT2D eigenvalue weighted by Gasteiger charge is -2.32. The average molecular weight is 417 g/mol. The molecule has 1 saturated heterocycles. The van der Waals surface area contributed by atoms with Crippen LogP contribution in [-0.4, -0.2) is 72.1 Å². The maximum Gasteiger partial charge on any atom is 0.245 e. The Labute approximate surface area is 177 Å². The number of hydrogen-bond acceptors (Lipinski definition) is 5. The van der Waals surface area contributed by atoms with Crippen molar-refractivity contribution >= 4 is 24.1 Å². The van der Waals surface area contributed by atoms with Crippen molar-refractivity contribution in [2.45, 2.75) is 50.2 Å². The van der Waals surface area contributed by atoms with Crippen molar-refractivity contribution < 1.29 is 14.4 Å². The van der Waals surface area contributed by atoms with Crippen molar-refractivity contribution in [1.29, 1.82) is 0 Å². The SMILES string of the molecule is CN(C(=O)[C@@H]1CCCN1C(=O)[C@@H](N)Cc1ccccc1)[C@H](C=O)CCCN=C(N)N. The molecule has 0 aromatic heterocycles. The molecule has 6 N–H and O–H groups in total. The number of aldehydes is 1. The lowest BCUT2D eigenvalue weighted by molar-refractivity contribution is -0.145. The van der Waals surface area contributed by atoms with Gasteiger partial charge in [-0.15, -0.1) is 0 Å². The predicted molar refractivity (Wildman–Crippen MR) is 115 cm³/mol. The summed E-state index contributed by atoms with van der Waals surface area (Å²) in [5.74, 6) is -0.487. The maximum absolute atomic E-state index is 13.0. The minimum atomic E-state index is -0.715. The van der Waals surface area contributed by atoms with Gasteiger partial charge in [-0.05, 0) is 37.7 Å². The van der Waals surface area contributed by atoms with Gasteiger partial charge in [-0.25, -0.2) is 0 Å². The second-order valence-electron chi connectivity index (χ2n) is 7.59. The fourth-order valence-corrected chi connectivity index (χ4v) is 3.72. The number of hydrogen-bond donors (Lipinski definition) is 3. The summed E-state index contributed by atoms with van der Waals surface area (Å²) in [5.41, 5.74) is 17.7. The zero-order valence-corrected chi connectivity index (χ0v) is 17.4. The number of carbonyl (C=O) groups is 3.